The van der Waals surface area contributed by atoms with Crippen molar-refractivity contribution in [2.45, 2.75) is 6.92 Å². The van der Waals surface area contributed by atoms with Gasteiger partial charge in [0.15, 0.2) is 0 Å². The number of carbonyl (C=O) groups is 1. The van der Waals surface area contributed by atoms with Crippen LogP contribution in [0.4, 0.5) is 15.8 Å². The van der Waals surface area contributed by atoms with Crippen molar-refractivity contribution in [2.75, 3.05) is 31.6 Å². The Bertz CT molecular complexity index is 964. The van der Waals surface area contributed by atoms with Crippen LogP contribution in [0.3, 0.4) is 0 Å². The molecule has 1 N–H and O–H groups in total. The van der Waals surface area contributed by atoms with Gasteiger partial charge in [-0.2, -0.15) is 0 Å². The minimum atomic E-state index is -0.290. The van der Waals surface area contributed by atoms with Gasteiger partial charge in [0.1, 0.15) is 5.82 Å². The average Bonchev–Trinajstić information content (AvgIpc) is 3.09. The van der Waals surface area contributed by atoms with E-state index in [2.05, 4.69) is 5.32 Å². The zero-order valence-corrected chi connectivity index (χ0v) is 15.2. The van der Waals surface area contributed by atoms with Crippen LogP contribution in [-0.2, 0) is 4.74 Å². The van der Waals surface area contributed by atoms with Gasteiger partial charge in [0.05, 0.1) is 23.8 Å². The molecule has 6 heteroatoms. The number of aryl methyl sites for hydroxylation is 1. The predicted molar refractivity (Wildman–Crippen MR) is 103 cm³/mol. The number of amides is 1. The molecule has 3 aromatic rings. The second-order valence-corrected chi connectivity index (χ2v) is 7.42. The molecule has 1 fully saturated rings. The monoisotopic (exact) mass is 370 g/mol. The highest BCUT2D eigenvalue weighted by molar-refractivity contribution is 7.20. The largest absolute Gasteiger partial charge is 0.378 e. The zero-order chi connectivity index (χ0) is 18.1. The number of nitrogens with zero attached hydrogens (tertiary/aromatic N) is 1. The third kappa shape index (κ3) is 3.30. The average molecular weight is 370 g/mol. The van der Waals surface area contributed by atoms with Crippen LogP contribution in [0.15, 0.2) is 42.5 Å². The van der Waals surface area contributed by atoms with E-state index in [1.54, 1.807) is 6.07 Å². The van der Waals surface area contributed by atoms with Crippen molar-refractivity contribution >= 4 is 38.7 Å². The molecule has 0 aliphatic carbocycles. The Balaban J connectivity index is 1.66. The molecule has 26 heavy (non-hydrogen) atoms. The van der Waals surface area contributed by atoms with Crippen molar-refractivity contribution in [1.29, 1.82) is 0 Å². The Kier molecular flexibility index (Phi) is 4.61. The van der Waals surface area contributed by atoms with E-state index in [1.807, 2.05) is 42.2 Å². The van der Waals surface area contributed by atoms with Crippen LogP contribution < -0.4 is 5.32 Å². The van der Waals surface area contributed by atoms with Gasteiger partial charge in [-0.25, -0.2) is 4.39 Å². The molecule has 0 radical (unpaired) electrons. The molecule has 0 spiro atoms. The summed E-state index contributed by atoms with van der Waals surface area (Å²) in [4.78, 5) is 15.2. The number of nitrogens with one attached hydrogen (secondary N) is 1. The van der Waals surface area contributed by atoms with Crippen molar-refractivity contribution in [3.05, 3.63) is 58.7 Å². The Hall–Kier alpha value is -2.44. The van der Waals surface area contributed by atoms with E-state index in [0.29, 0.717) is 36.9 Å². The number of thiophene rings is 1. The molecule has 1 amide bonds. The summed E-state index contributed by atoms with van der Waals surface area (Å²) < 4.78 is 20.5. The molecule has 0 atom stereocenters. The van der Waals surface area contributed by atoms with Gasteiger partial charge in [0.2, 0.25) is 0 Å². The second kappa shape index (κ2) is 7.05. The molecule has 1 saturated heterocycles. The van der Waals surface area contributed by atoms with Crippen LogP contribution >= 0.6 is 11.3 Å². The fourth-order valence-corrected chi connectivity index (χ4v) is 4.12. The van der Waals surface area contributed by atoms with E-state index in [4.69, 9.17) is 4.74 Å². The number of fused-ring (bicyclic) bond motifs is 1. The molecule has 1 aromatic heterocycles. The number of ether oxygens (including phenoxy) is 1. The number of hydrogen-bond acceptors (Lipinski definition) is 4. The number of anilines is 2. The Labute approximate surface area is 155 Å². The lowest BCUT2D eigenvalue weighted by Gasteiger charge is -2.26. The second-order valence-electron chi connectivity index (χ2n) is 6.34. The Morgan fingerprint density at radius 1 is 1.15 bits per heavy atom. The molecule has 1 aliphatic rings. The highest BCUT2D eigenvalue weighted by Crippen LogP contribution is 2.34. The SMILES string of the molecule is Cc1ccc(Nc2cccc3sc(C(=O)N4CCOCC4)cc23)c(F)c1. The zero-order valence-electron chi connectivity index (χ0n) is 14.4. The van der Waals surface area contributed by atoms with Gasteiger partial charge >= 0.3 is 0 Å². The summed E-state index contributed by atoms with van der Waals surface area (Å²) in [5.41, 5.74) is 2.10. The van der Waals surface area contributed by atoms with Crippen molar-refractivity contribution < 1.29 is 13.9 Å². The van der Waals surface area contributed by atoms with Gasteiger partial charge in [-0.15, -0.1) is 11.3 Å². The molecule has 0 unspecified atom stereocenters. The fraction of sp³-hybridized carbons (Fsp3) is 0.250. The van der Waals surface area contributed by atoms with E-state index in [1.165, 1.54) is 17.4 Å². The first-order chi connectivity index (χ1) is 12.6. The maximum atomic E-state index is 14.2. The third-order valence-electron chi connectivity index (χ3n) is 4.46. The van der Waals surface area contributed by atoms with Crippen LogP contribution in [0, 0.1) is 12.7 Å². The molecular weight excluding hydrogens is 351 g/mol. The summed E-state index contributed by atoms with van der Waals surface area (Å²) in [7, 11) is 0. The van der Waals surface area contributed by atoms with E-state index in [-0.39, 0.29) is 11.7 Å². The lowest BCUT2D eigenvalue weighted by molar-refractivity contribution is 0.0306. The highest BCUT2D eigenvalue weighted by atomic mass is 32.1. The first-order valence-electron chi connectivity index (χ1n) is 8.54. The Morgan fingerprint density at radius 2 is 1.96 bits per heavy atom. The van der Waals surface area contributed by atoms with Gasteiger partial charge in [-0.05, 0) is 42.8 Å². The summed E-state index contributed by atoms with van der Waals surface area (Å²) in [5.74, 6) is -0.260. The number of rotatable bonds is 3. The van der Waals surface area contributed by atoms with Crippen LogP contribution in [0.5, 0.6) is 0 Å². The molecule has 1 aliphatic heterocycles. The first kappa shape index (κ1) is 17.0. The smallest absolute Gasteiger partial charge is 0.264 e. The van der Waals surface area contributed by atoms with E-state index < -0.39 is 0 Å². The number of morpholine rings is 1. The van der Waals surface area contributed by atoms with Crippen molar-refractivity contribution in [3.8, 4) is 0 Å². The van der Waals surface area contributed by atoms with Crippen LogP contribution in [0.1, 0.15) is 15.2 Å². The highest BCUT2D eigenvalue weighted by Gasteiger charge is 2.21. The molecule has 134 valence electrons. The van der Waals surface area contributed by atoms with E-state index in [0.717, 1.165) is 21.3 Å². The number of carbonyl (C=O) groups excluding carboxylic acids is 1. The minimum Gasteiger partial charge on any atom is -0.378 e. The molecule has 0 bridgehead atoms. The fourth-order valence-electron chi connectivity index (χ4n) is 3.06. The molecular formula is C20H19FN2O2S. The summed E-state index contributed by atoms with van der Waals surface area (Å²) in [6.45, 7) is 4.25. The predicted octanol–water partition coefficient (Wildman–Crippen LogP) is 4.56. The lowest BCUT2D eigenvalue weighted by Crippen LogP contribution is -2.40. The number of benzene rings is 2. The third-order valence-corrected chi connectivity index (χ3v) is 5.55. The van der Waals surface area contributed by atoms with Crippen molar-refractivity contribution in [2.24, 2.45) is 0 Å². The first-order valence-corrected chi connectivity index (χ1v) is 9.36. The summed E-state index contributed by atoms with van der Waals surface area (Å²) in [6.07, 6.45) is 0. The molecule has 2 aromatic carbocycles. The number of hydrogen-bond donors (Lipinski definition) is 1. The Morgan fingerprint density at radius 3 is 2.73 bits per heavy atom. The molecule has 2 heterocycles. The maximum Gasteiger partial charge on any atom is 0.264 e. The quantitative estimate of drug-likeness (QED) is 0.735. The van der Waals surface area contributed by atoms with Gasteiger partial charge in [0.25, 0.3) is 5.91 Å². The molecule has 0 saturated carbocycles. The van der Waals surface area contributed by atoms with Crippen LogP contribution in [0.2, 0.25) is 0 Å². The van der Waals surface area contributed by atoms with Crippen LogP contribution in [-0.4, -0.2) is 37.1 Å². The van der Waals surface area contributed by atoms with Gasteiger partial charge in [0, 0.05) is 28.9 Å². The maximum absolute atomic E-state index is 14.2. The lowest BCUT2D eigenvalue weighted by atomic mass is 10.1. The summed E-state index contributed by atoms with van der Waals surface area (Å²) in [5, 5.41) is 4.09. The van der Waals surface area contributed by atoms with Gasteiger partial charge < -0.3 is 15.0 Å². The van der Waals surface area contributed by atoms with Gasteiger partial charge in [-0.1, -0.05) is 12.1 Å². The van der Waals surface area contributed by atoms with Crippen LogP contribution in [0.25, 0.3) is 10.1 Å². The van der Waals surface area contributed by atoms with Gasteiger partial charge in [-0.3, -0.25) is 4.79 Å². The normalized spacial score (nSPS) is 14.6. The van der Waals surface area contributed by atoms with E-state index in [9.17, 15) is 9.18 Å². The summed E-state index contributed by atoms with van der Waals surface area (Å²) >= 11 is 1.46. The van der Waals surface area contributed by atoms with E-state index >= 15 is 0 Å². The molecule has 4 nitrogen and oxygen atoms in total. The molecule has 4 rings (SSSR count). The van der Waals surface area contributed by atoms with Crippen molar-refractivity contribution in [1.82, 2.24) is 4.90 Å². The standard InChI is InChI=1S/C20H19FN2O2S/c1-13-5-6-17(15(21)11-13)22-16-3-2-4-18-14(16)12-19(26-18)20(24)23-7-9-25-10-8-23/h2-6,11-12,22H,7-10H2,1H3. The minimum absolute atomic E-state index is 0.0296. The summed E-state index contributed by atoms with van der Waals surface area (Å²) in [6, 6.07) is 12.8. The topological polar surface area (TPSA) is 41.6 Å². The van der Waals surface area contributed by atoms with Crippen molar-refractivity contribution in [3.63, 3.8) is 0 Å². The number of halogens is 1.